The van der Waals surface area contributed by atoms with E-state index in [0.29, 0.717) is 53.8 Å². The van der Waals surface area contributed by atoms with Gasteiger partial charge in [0.15, 0.2) is 16.7 Å². The molecule has 4 rings (SSSR count). The Labute approximate surface area is 195 Å². The van der Waals surface area contributed by atoms with Gasteiger partial charge in [0.25, 0.3) is 5.56 Å². The number of carbonyl (C=O) groups is 1. The van der Waals surface area contributed by atoms with E-state index in [1.54, 1.807) is 22.8 Å². The van der Waals surface area contributed by atoms with Crippen LogP contribution in [0.4, 0.5) is 0 Å². The summed E-state index contributed by atoms with van der Waals surface area (Å²) in [6.45, 7) is 4.14. The van der Waals surface area contributed by atoms with Crippen molar-refractivity contribution in [3.05, 3.63) is 57.3 Å². The molecule has 1 aromatic heterocycles. The maximum atomic E-state index is 12.9. The standard InChI is InChI=1S/C23H24ClN3O4S/c1-2-9-27-22(29)17-5-4-16(24)13-18(17)26-23(27)32-14-21(28)25-8-7-15-3-6-19-20(12-15)31-11-10-30-19/h3-6,12-13H,2,7-11,14H2,1H3,(H,25,28). The topological polar surface area (TPSA) is 82.5 Å². The molecule has 0 spiro atoms. The first-order valence-corrected chi connectivity index (χ1v) is 11.9. The van der Waals surface area contributed by atoms with E-state index in [4.69, 9.17) is 21.1 Å². The van der Waals surface area contributed by atoms with Crippen molar-refractivity contribution >= 4 is 40.2 Å². The van der Waals surface area contributed by atoms with Crippen molar-refractivity contribution in [3.8, 4) is 11.5 Å². The van der Waals surface area contributed by atoms with Crippen LogP contribution in [-0.4, -0.2) is 41.0 Å². The van der Waals surface area contributed by atoms with Gasteiger partial charge in [-0.2, -0.15) is 0 Å². The van der Waals surface area contributed by atoms with Crippen LogP contribution in [0, 0.1) is 0 Å². The number of thioether (sulfide) groups is 1. The number of halogens is 1. The van der Waals surface area contributed by atoms with Crippen LogP contribution >= 0.6 is 23.4 Å². The van der Waals surface area contributed by atoms with E-state index in [0.717, 1.165) is 23.5 Å². The molecule has 0 saturated carbocycles. The van der Waals surface area contributed by atoms with Crippen molar-refractivity contribution in [1.82, 2.24) is 14.9 Å². The largest absolute Gasteiger partial charge is 0.486 e. The fourth-order valence-electron chi connectivity index (χ4n) is 3.48. The molecule has 0 atom stereocenters. The summed E-state index contributed by atoms with van der Waals surface area (Å²) in [5, 5.41) is 4.49. The van der Waals surface area contributed by atoms with Gasteiger partial charge < -0.3 is 14.8 Å². The van der Waals surface area contributed by atoms with E-state index in [2.05, 4.69) is 10.3 Å². The van der Waals surface area contributed by atoms with Crippen LogP contribution in [0.15, 0.2) is 46.3 Å². The first-order chi connectivity index (χ1) is 15.5. The third-order valence-electron chi connectivity index (χ3n) is 5.00. The molecule has 7 nitrogen and oxygen atoms in total. The van der Waals surface area contributed by atoms with Crippen LogP contribution in [0.2, 0.25) is 5.02 Å². The summed E-state index contributed by atoms with van der Waals surface area (Å²) in [7, 11) is 0. The zero-order chi connectivity index (χ0) is 22.5. The molecule has 2 heterocycles. The molecule has 3 aromatic rings. The number of hydrogen-bond donors (Lipinski definition) is 1. The first kappa shape index (κ1) is 22.5. The summed E-state index contributed by atoms with van der Waals surface area (Å²) >= 11 is 7.32. The number of fused-ring (bicyclic) bond motifs is 2. The molecule has 0 saturated heterocycles. The van der Waals surface area contributed by atoms with Gasteiger partial charge in [-0.05, 0) is 48.7 Å². The second-order valence-corrected chi connectivity index (χ2v) is 8.76. The monoisotopic (exact) mass is 473 g/mol. The highest BCUT2D eigenvalue weighted by Crippen LogP contribution is 2.30. The Balaban J connectivity index is 1.37. The van der Waals surface area contributed by atoms with Crippen LogP contribution in [-0.2, 0) is 17.8 Å². The van der Waals surface area contributed by atoms with E-state index in [1.807, 2.05) is 25.1 Å². The molecular formula is C23H24ClN3O4S. The van der Waals surface area contributed by atoms with E-state index >= 15 is 0 Å². The summed E-state index contributed by atoms with van der Waals surface area (Å²) in [6, 6.07) is 10.9. The molecule has 1 aliphatic rings. The first-order valence-electron chi connectivity index (χ1n) is 10.5. The molecule has 9 heteroatoms. The fourth-order valence-corrected chi connectivity index (χ4v) is 4.50. The van der Waals surface area contributed by atoms with Crippen molar-refractivity contribution in [3.63, 3.8) is 0 Å². The summed E-state index contributed by atoms with van der Waals surface area (Å²) < 4.78 is 12.8. The van der Waals surface area contributed by atoms with E-state index < -0.39 is 0 Å². The molecule has 1 amide bonds. The smallest absolute Gasteiger partial charge is 0.262 e. The Morgan fingerprint density at radius 3 is 2.81 bits per heavy atom. The zero-order valence-corrected chi connectivity index (χ0v) is 19.3. The van der Waals surface area contributed by atoms with Crippen molar-refractivity contribution < 1.29 is 14.3 Å². The summed E-state index contributed by atoms with van der Waals surface area (Å²) in [5.74, 6) is 1.55. The molecule has 168 valence electrons. The van der Waals surface area contributed by atoms with Gasteiger partial charge in [0.2, 0.25) is 5.91 Å². The lowest BCUT2D eigenvalue weighted by molar-refractivity contribution is -0.118. The lowest BCUT2D eigenvalue weighted by Crippen LogP contribution is -2.28. The van der Waals surface area contributed by atoms with Gasteiger partial charge in [0, 0.05) is 18.1 Å². The van der Waals surface area contributed by atoms with Crippen LogP contribution < -0.4 is 20.3 Å². The SMILES string of the molecule is CCCn1c(SCC(=O)NCCc2ccc3c(c2)OCCO3)nc2cc(Cl)ccc2c1=O. The Kier molecular flexibility index (Phi) is 7.22. The molecule has 0 radical (unpaired) electrons. The molecule has 0 unspecified atom stereocenters. The van der Waals surface area contributed by atoms with Gasteiger partial charge >= 0.3 is 0 Å². The lowest BCUT2D eigenvalue weighted by Gasteiger charge is -2.18. The normalized spacial score (nSPS) is 12.7. The van der Waals surface area contributed by atoms with Gasteiger partial charge in [-0.3, -0.25) is 14.2 Å². The molecule has 0 aliphatic carbocycles. The Morgan fingerprint density at radius 2 is 2.00 bits per heavy atom. The Bertz CT molecular complexity index is 1200. The minimum absolute atomic E-state index is 0.115. The van der Waals surface area contributed by atoms with Crippen LogP contribution in [0.5, 0.6) is 11.5 Å². The maximum absolute atomic E-state index is 12.9. The molecule has 2 aromatic carbocycles. The van der Waals surface area contributed by atoms with E-state index in [1.165, 1.54) is 11.8 Å². The number of benzene rings is 2. The third-order valence-corrected chi connectivity index (χ3v) is 6.22. The van der Waals surface area contributed by atoms with Gasteiger partial charge in [-0.25, -0.2) is 4.98 Å². The summed E-state index contributed by atoms with van der Waals surface area (Å²) in [6.07, 6.45) is 1.47. The van der Waals surface area contributed by atoms with Crippen LogP contribution in [0.1, 0.15) is 18.9 Å². The molecule has 0 fully saturated rings. The second kappa shape index (κ2) is 10.3. The Hall–Kier alpha value is -2.71. The highest BCUT2D eigenvalue weighted by Gasteiger charge is 2.14. The lowest BCUT2D eigenvalue weighted by atomic mass is 10.1. The van der Waals surface area contributed by atoms with Crippen LogP contribution in [0.3, 0.4) is 0 Å². The minimum Gasteiger partial charge on any atom is -0.486 e. The third kappa shape index (κ3) is 5.19. The maximum Gasteiger partial charge on any atom is 0.262 e. The van der Waals surface area contributed by atoms with Gasteiger partial charge in [-0.15, -0.1) is 0 Å². The number of aromatic nitrogens is 2. The highest BCUT2D eigenvalue weighted by atomic mass is 35.5. The number of rotatable bonds is 8. The minimum atomic E-state index is -0.116. The fraction of sp³-hybridized carbons (Fsp3) is 0.348. The predicted octanol–water partition coefficient (Wildman–Crippen LogP) is 3.68. The quantitative estimate of drug-likeness (QED) is 0.397. The average molecular weight is 474 g/mol. The molecule has 32 heavy (non-hydrogen) atoms. The summed E-state index contributed by atoms with van der Waals surface area (Å²) in [4.78, 5) is 29.9. The van der Waals surface area contributed by atoms with E-state index in [-0.39, 0.29) is 17.2 Å². The van der Waals surface area contributed by atoms with Crippen molar-refractivity contribution in [2.24, 2.45) is 0 Å². The molecule has 1 N–H and O–H groups in total. The summed E-state index contributed by atoms with van der Waals surface area (Å²) in [5.41, 5.74) is 1.48. The average Bonchev–Trinajstić information content (AvgIpc) is 2.79. The molecule has 0 bridgehead atoms. The van der Waals surface area contributed by atoms with Crippen molar-refractivity contribution in [2.45, 2.75) is 31.5 Å². The molecule has 1 aliphatic heterocycles. The van der Waals surface area contributed by atoms with Crippen molar-refractivity contribution in [1.29, 1.82) is 0 Å². The number of carbonyl (C=O) groups excluding carboxylic acids is 1. The van der Waals surface area contributed by atoms with Crippen molar-refractivity contribution in [2.75, 3.05) is 25.5 Å². The van der Waals surface area contributed by atoms with Gasteiger partial charge in [0.1, 0.15) is 13.2 Å². The van der Waals surface area contributed by atoms with E-state index in [9.17, 15) is 9.59 Å². The predicted molar refractivity (Wildman–Crippen MR) is 126 cm³/mol. The van der Waals surface area contributed by atoms with Crippen LogP contribution in [0.25, 0.3) is 10.9 Å². The van der Waals surface area contributed by atoms with Gasteiger partial charge in [0.05, 0.1) is 16.7 Å². The Morgan fingerprint density at radius 1 is 1.19 bits per heavy atom. The number of hydrogen-bond acceptors (Lipinski definition) is 6. The highest BCUT2D eigenvalue weighted by molar-refractivity contribution is 7.99. The number of ether oxygens (including phenoxy) is 2. The zero-order valence-electron chi connectivity index (χ0n) is 17.7. The molecular weight excluding hydrogens is 450 g/mol. The van der Waals surface area contributed by atoms with Gasteiger partial charge in [-0.1, -0.05) is 36.4 Å². The second-order valence-electron chi connectivity index (χ2n) is 7.38. The number of nitrogens with one attached hydrogen (secondary N) is 1. The number of nitrogens with zero attached hydrogens (tertiary/aromatic N) is 2. The number of amides is 1.